The number of aromatic hydroxyl groups is 1. The number of carbonyl (C=O) groups excluding carboxylic acids is 1. The predicted molar refractivity (Wildman–Crippen MR) is 51.5 cm³/mol. The van der Waals surface area contributed by atoms with E-state index in [9.17, 15) is 9.90 Å². The lowest BCUT2D eigenvalue weighted by Gasteiger charge is -2.04. The topological polar surface area (TPSA) is 63.3 Å². The molecule has 0 aromatic heterocycles. The number of carbonyl (C=O) groups is 1. The van der Waals surface area contributed by atoms with Crippen LogP contribution >= 0.6 is 23.2 Å². The van der Waals surface area contributed by atoms with Crippen LogP contribution in [0.5, 0.6) is 5.75 Å². The molecule has 0 aliphatic rings. The van der Waals surface area contributed by atoms with Gasteiger partial charge in [0.2, 0.25) is 0 Å². The number of halogens is 2. The lowest BCUT2D eigenvalue weighted by atomic mass is 10.1. The van der Waals surface area contributed by atoms with Gasteiger partial charge in [-0.3, -0.25) is 4.79 Å². The minimum absolute atomic E-state index is 0.0456. The van der Waals surface area contributed by atoms with Gasteiger partial charge in [-0.25, -0.2) is 0 Å². The van der Waals surface area contributed by atoms with Crippen molar-refractivity contribution in [2.24, 2.45) is 5.73 Å². The van der Waals surface area contributed by atoms with Crippen LogP contribution in [0.25, 0.3) is 0 Å². The molecule has 1 aromatic carbocycles. The standard InChI is InChI=1S/C8H7Cl2NO2/c9-4-1-5(7(12)3-11)8(13)6(10)2-4/h1-2,13H,3,11H2. The Kier molecular flexibility index (Phi) is 3.14. The largest absolute Gasteiger partial charge is 0.506 e. The van der Waals surface area contributed by atoms with Crippen LogP contribution in [0.2, 0.25) is 10.0 Å². The number of hydrogen-bond acceptors (Lipinski definition) is 3. The van der Waals surface area contributed by atoms with Crippen molar-refractivity contribution >= 4 is 29.0 Å². The third-order valence-electron chi connectivity index (χ3n) is 1.51. The van der Waals surface area contributed by atoms with E-state index in [1.54, 1.807) is 0 Å². The second-order valence-corrected chi connectivity index (χ2v) is 3.25. The fraction of sp³-hybridized carbons (Fsp3) is 0.125. The Labute approximate surface area is 85.1 Å². The van der Waals surface area contributed by atoms with Crippen molar-refractivity contribution in [2.75, 3.05) is 6.54 Å². The van der Waals surface area contributed by atoms with Crippen LogP contribution in [0, 0.1) is 0 Å². The summed E-state index contributed by atoms with van der Waals surface area (Å²) in [5, 5.41) is 9.69. The van der Waals surface area contributed by atoms with Gasteiger partial charge in [0.15, 0.2) is 5.78 Å². The van der Waals surface area contributed by atoms with Crippen molar-refractivity contribution in [3.8, 4) is 5.75 Å². The van der Waals surface area contributed by atoms with Gasteiger partial charge in [0, 0.05) is 5.02 Å². The highest BCUT2D eigenvalue weighted by Crippen LogP contribution is 2.31. The van der Waals surface area contributed by atoms with Gasteiger partial charge in [-0.2, -0.15) is 0 Å². The summed E-state index contributed by atoms with van der Waals surface area (Å²) < 4.78 is 0. The van der Waals surface area contributed by atoms with Crippen LogP contribution in [0.4, 0.5) is 0 Å². The monoisotopic (exact) mass is 219 g/mol. The minimum Gasteiger partial charge on any atom is -0.506 e. The highest BCUT2D eigenvalue weighted by atomic mass is 35.5. The molecule has 70 valence electrons. The fourth-order valence-electron chi connectivity index (χ4n) is 0.888. The molecule has 0 spiro atoms. The first-order valence-electron chi connectivity index (χ1n) is 3.47. The van der Waals surface area contributed by atoms with Gasteiger partial charge < -0.3 is 10.8 Å². The van der Waals surface area contributed by atoms with Crippen molar-refractivity contribution in [1.82, 2.24) is 0 Å². The van der Waals surface area contributed by atoms with Crippen LogP contribution in [-0.4, -0.2) is 17.4 Å². The third-order valence-corrected chi connectivity index (χ3v) is 2.02. The highest BCUT2D eigenvalue weighted by molar-refractivity contribution is 6.36. The molecule has 13 heavy (non-hydrogen) atoms. The first kappa shape index (κ1) is 10.3. The van der Waals surface area contributed by atoms with Crippen LogP contribution in [0.1, 0.15) is 10.4 Å². The summed E-state index contributed by atoms with van der Waals surface area (Å²) in [6.07, 6.45) is 0. The summed E-state index contributed by atoms with van der Waals surface area (Å²) in [4.78, 5) is 11.1. The molecule has 0 unspecified atom stereocenters. The van der Waals surface area contributed by atoms with Crippen LogP contribution in [-0.2, 0) is 0 Å². The molecule has 0 saturated heterocycles. The van der Waals surface area contributed by atoms with E-state index in [0.717, 1.165) is 0 Å². The SMILES string of the molecule is NCC(=O)c1cc(Cl)cc(Cl)c1O. The van der Waals surface area contributed by atoms with Gasteiger partial charge >= 0.3 is 0 Å². The molecule has 0 aliphatic heterocycles. The maximum atomic E-state index is 11.1. The molecule has 1 aromatic rings. The molecule has 3 N–H and O–H groups in total. The molecule has 3 nitrogen and oxygen atoms in total. The summed E-state index contributed by atoms with van der Waals surface area (Å²) in [7, 11) is 0. The average molecular weight is 220 g/mol. The zero-order valence-corrected chi connectivity index (χ0v) is 8.06. The number of Topliss-reactive ketones (excluding diaryl/α,β-unsaturated/α-hetero) is 1. The molecule has 5 heteroatoms. The van der Waals surface area contributed by atoms with E-state index in [1.807, 2.05) is 0 Å². The lowest BCUT2D eigenvalue weighted by molar-refractivity contribution is 0.0999. The maximum absolute atomic E-state index is 11.1. The Morgan fingerprint density at radius 1 is 1.46 bits per heavy atom. The van der Waals surface area contributed by atoms with Gasteiger partial charge in [-0.15, -0.1) is 0 Å². The van der Waals surface area contributed by atoms with Crippen LogP contribution in [0.15, 0.2) is 12.1 Å². The van der Waals surface area contributed by atoms with E-state index in [0.29, 0.717) is 5.02 Å². The molecule has 0 heterocycles. The van der Waals surface area contributed by atoms with E-state index in [-0.39, 0.29) is 22.9 Å². The number of phenols is 1. The van der Waals surface area contributed by atoms with E-state index in [2.05, 4.69) is 0 Å². The molecule has 0 radical (unpaired) electrons. The Morgan fingerprint density at radius 2 is 2.08 bits per heavy atom. The summed E-state index contributed by atoms with van der Waals surface area (Å²) in [5.74, 6) is -0.677. The summed E-state index contributed by atoms with van der Waals surface area (Å²) in [6, 6.07) is 2.68. The first-order valence-corrected chi connectivity index (χ1v) is 4.23. The Bertz CT molecular complexity index is 352. The number of ketones is 1. The molecule has 0 amide bonds. The van der Waals surface area contributed by atoms with Crippen molar-refractivity contribution in [3.63, 3.8) is 0 Å². The van der Waals surface area contributed by atoms with Gasteiger partial charge in [-0.05, 0) is 12.1 Å². The first-order chi connectivity index (χ1) is 6.06. The molecular weight excluding hydrogens is 213 g/mol. The smallest absolute Gasteiger partial charge is 0.180 e. The quantitative estimate of drug-likeness (QED) is 0.747. The Morgan fingerprint density at radius 3 is 2.62 bits per heavy atom. The second kappa shape index (κ2) is 3.96. The predicted octanol–water partition coefficient (Wildman–Crippen LogP) is 1.84. The van der Waals surface area contributed by atoms with Gasteiger partial charge in [0.1, 0.15) is 5.75 Å². The molecule has 1 rings (SSSR count). The van der Waals surface area contributed by atoms with Crippen molar-refractivity contribution in [3.05, 3.63) is 27.7 Å². The molecule has 0 atom stereocenters. The summed E-state index contributed by atoms with van der Waals surface area (Å²) in [5.41, 5.74) is 5.18. The van der Waals surface area contributed by atoms with Crippen molar-refractivity contribution < 1.29 is 9.90 Å². The van der Waals surface area contributed by atoms with Gasteiger partial charge in [0.25, 0.3) is 0 Å². The van der Waals surface area contributed by atoms with Crippen LogP contribution in [0.3, 0.4) is 0 Å². The molecule has 0 aliphatic carbocycles. The molecule has 0 bridgehead atoms. The number of phenolic OH excluding ortho intramolecular Hbond substituents is 1. The van der Waals surface area contributed by atoms with E-state index >= 15 is 0 Å². The normalized spacial score (nSPS) is 10.1. The second-order valence-electron chi connectivity index (χ2n) is 2.41. The zero-order chi connectivity index (χ0) is 10.0. The Balaban J connectivity index is 3.28. The fourth-order valence-corrected chi connectivity index (χ4v) is 1.38. The number of benzene rings is 1. The van der Waals surface area contributed by atoms with Crippen LogP contribution < -0.4 is 5.73 Å². The average Bonchev–Trinajstić information content (AvgIpc) is 2.10. The number of nitrogens with two attached hydrogens (primary N) is 1. The van der Waals surface area contributed by atoms with Gasteiger partial charge in [-0.1, -0.05) is 23.2 Å². The highest BCUT2D eigenvalue weighted by Gasteiger charge is 2.13. The maximum Gasteiger partial charge on any atom is 0.180 e. The number of hydrogen-bond donors (Lipinski definition) is 2. The van der Waals surface area contributed by atoms with Gasteiger partial charge in [0.05, 0.1) is 17.1 Å². The molecular formula is C8H7Cl2NO2. The minimum atomic E-state index is -0.401. The van der Waals surface area contributed by atoms with Crippen molar-refractivity contribution in [2.45, 2.75) is 0 Å². The molecule has 0 saturated carbocycles. The zero-order valence-electron chi connectivity index (χ0n) is 6.55. The number of rotatable bonds is 2. The summed E-state index contributed by atoms with van der Waals surface area (Å²) in [6.45, 7) is -0.190. The van der Waals surface area contributed by atoms with E-state index in [4.69, 9.17) is 28.9 Å². The van der Waals surface area contributed by atoms with Crippen molar-refractivity contribution in [1.29, 1.82) is 0 Å². The lowest BCUT2D eigenvalue weighted by Crippen LogP contribution is -2.13. The molecule has 0 fully saturated rings. The summed E-state index contributed by atoms with van der Waals surface area (Å²) >= 11 is 11.2. The third kappa shape index (κ3) is 2.12. The van der Waals surface area contributed by atoms with E-state index < -0.39 is 5.78 Å². The Hall–Kier alpha value is -0.770. The van der Waals surface area contributed by atoms with E-state index in [1.165, 1.54) is 12.1 Å².